The maximum atomic E-state index is 10.6. The molecule has 0 bridgehead atoms. The summed E-state index contributed by atoms with van der Waals surface area (Å²) in [7, 11) is 0. The van der Waals surface area contributed by atoms with Gasteiger partial charge in [0.05, 0.1) is 0 Å². The summed E-state index contributed by atoms with van der Waals surface area (Å²) in [4.78, 5) is 12.9. The molecule has 86 valence electrons. The van der Waals surface area contributed by atoms with E-state index in [9.17, 15) is 4.79 Å². The maximum absolute atomic E-state index is 10.6. The lowest BCUT2D eigenvalue weighted by atomic mass is 10.2. The minimum Gasteiger partial charge on any atom is -0.298 e. The van der Waals surface area contributed by atoms with Crippen LogP contribution in [0, 0.1) is 0 Å². The highest BCUT2D eigenvalue weighted by atomic mass is 79.9. The van der Waals surface area contributed by atoms with E-state index in [1.54, 1.807) is 11.3 Å². The SMILES string of the molecule is CC(C=O)=Cc1ccc(-c2ccc(Br)cc2)s1. The van der Waals surface area contributed by atoms with Crippen LogP contribution >= 0.6 is 27.3 Å². The third kappa shape index (κ3) is 3.14. The first-order valence-electron chi connectivity index (χ1n) is 5.18. The van der Waals surface area contributed by atoms with Crippen molar-refractivity contribution in [2.45, 2.75) is 6.92 Å². The average molecular weight is 307 g/mol. The van der Waals surface area contributed by atoms with Crippen molar-refractivity contribution in [1.82, 2.24) is 0 Å². The van der Waals surface area contributed by atoms with Crippen LogP contribution in [-0.4, -0.2) is 6.29 Å². The highest BCUT2D eigenvalue weighted by molar-refractivity contribution is 9.10. The highest BCUT2D eigenvalue weighted by Crippen LogP contribution is 2.30. The third-order valence-electron chi connectivity index (χ3n) is 2.31. The van der Waals surface area contributed by atoms with Gasteiger partial charge >= 0.3 is 0 Å². The number of allylic oxidation sites excluding steroid dienone is 1. The fraction of sp³-hybridized carbons (Fsp3) is 0.0714. The molecule has 1 aromatic heterocycles. The molecule has 0 amide bonds. The van der Waals surface area contributed by atoms with Gasteiger partial charge in [-0.1, -0.05) is 28.1 Å². The standard InChI is InChI=1S/C14H11BrOS/c1-10(9-16)8-13-6-7-14(17-13)11-2-4-12(15)5-3-11/h2-9H,1H3. The molecule has 0 radical (unpaired) electrons. The summed E-state index contributed by atoms with van der Waals surface area (Å²) in [5, 5.41) is 0. The van der Waals surface area contributed by atoms with Crippen molar-refractivity contribution in [1.29, 1.82) is 0 Å². The lowest BCUT2D eigenvalue weighted by molar-refractivity contribution is -0.104. The van der Waals surface area contributed by atoms with Crippen molar-refractivity contribution in [3.63, 3.8) is 0 Å². The largest absolute Gasteiger partial charge is 0.298 e. The van der Waals surface area contributed by atoms with Crippen LogP contribution in [-0.2, 0) is 4.79 Å². The quantitative estimate of drug-likeness (QED) is 0.589. The molecule has 3 heteroatoms. The number of thiophene rings is 1. The number of aldehydes is 1. The molecule has 1 heterocycles. The predicted octanol–water partition coefficient (Wildman–Crippen LogP) is 4.78. The molecule has 1 aromatic carbocycles. The Balaban J connectivity index is 2.29. The Hall–Kier alpha value is -1.19. The fourth-order valence-corrected chi connectivity index (χ4v) is 2.75. The molecule has 0 aliphatic carbocycles. The Kier molecular flexibility index (Phi) is 3.92. The average Bonchev–Trinajstić information content (AvgIpc) is 2.78. The van der Waals surface area contributed by atoms with Crippen LogP contribution in [0.2, 0.25) is 0 Å². The molecule has 0 aliphatic heterocycles. The smallest absolute Gasteiger partial charge is 0.145 e. The van der Waals surface area contributed by atoms with Crippen molar-refractivity contribution in [3.8, 4) is 10.4 Å². The Bertz CT molecular complexity index is 552. The van der Waals surface area contributed by atoms with Crippen molar-refractivity contribution in [2.75, 3.05) is 0 Å². The van der Waals surface area contributed by atoms with E-state index < -0.39 is 0 Å². The van der Waals surface area contributed by atoms with Gasteiger partial charge in [0.1, 0.15) is 6.29 Å². The monoisotopic (exact) mass is 306 g/mol. The van der Waals surface area contributed by atoms with E-state index in [0.29, 0.717) is 0 Å². The van der Waals surface area contributed by atoms with Gasteiger partial charge in [-0.25, -0.2) is 0 Å². The Morgan fingerprint density at radius 3 is 2.53 bits per heavy atom. The van der Waals surface area contributed by atoms with Gasteiger partial charge < -0.3 is 0 Å². The summed E-state index contributed by atoms with van der Waals surface area (Å²) < 4.78 is 1.08. The zero-order valence-electron chi connectivity index (χ0n) is 9.31. The van der Waals surface area contributed by atoms with E-state index in [4.69, 9.17) is 0 Å². The van der Waals surface area contributed by atoms with Crippen LogP contribution in [0.5, 0.6) is 0 Å². The number of benzene rings is 1. The first kappa shape index (κ1) is 12.3. The van der Waals surface area contributed by atoms with E-state index in [1.165, 1.54) is 10.4 Å². The number of carbonyl (C=O) groups excluding carboxylic acids is 1. The molecule has 0 saturated carbocycles. The summed E-state index contributed by atoms with van der Waals surface area (Å²) >= 11 is 5.11. The van der Waals surface area contributed by atoms with Crippen LogP contribution < -0.4 is 0 Å². The molecule has 1 nitrogen and oxygen atoms in total. The summed E-state index contributed by atoms with van der Waals surface area (Å²) in [6.07, 6.45) is 2.78. The molecule has 0 N–H and O–H groups in total. The van der Waals surface area contributed by atoms with Gasteiger partial charge in [-0.05, 0) is 48.4 Å². The summed E-state index contributed by atoms with van der Waals surface area (Å²) in [6.45, 7) is 1.81. The zero-order chi connectivity index (χ0) is 12.3. The van der Waals surface area contributed by atoms with E-state index in [2.05, 4.69) is 34.1 Å². The number of hydrogen-bond donors (Lipinski definition) is 0. The second kappa shape index (κ2) is 5.43. The van der Waals surface area contributed by atoms with Gasteiger partial charge in [-0.15, -0.1) is 11.3 Å². The van der Waals surface area contributed by atoms with Crippen LogP contribution in [0.3, 0.4) is 0 Å². The van der Waals surface area contributed by atoms with Crippen LogP contribution in [0.1, 0.15) is 11.8 Å². The number of hydrogen-bond acceptors (Lipinski definition) is 2. The van der Waals surface area contributed by atoms with Crippen LogP contribution in [0.15, 0.2) is 46.4 Å². The number of rotatable bonds is 3. The van der Waals surface area contributed by atoms with E-state index in [0.717, 1.165) is 21.2 Å². The molecular formula is C14H11BrOS. The fourth-order valence-electron chi connectivity index (χ4n) is 1.46. The molecule has 0 atom stereocenters. The van der Waals surface area contributed by atoms with Crippen molar-refractivity contribution in [2.24, 2.45) is 0 Å². The van der Waals surface area contributed by atoms with Crippen LogP contribution in [0.25, 0.3) is 16.5 Å². The van der Waals surface area contributed by atoms with Crippen molar-refractivity contribution >= 4 is 39.6 Å². The second-order valence-corrected chi connectivity index (χ2v) is 5.75. The Labute approximate surface area is 113 Å². The molecule has 2 rings (SSSR count). The first-order valence-corrected chi connectivity index (χ1v) is 6.79. The summed E-state index contributed by atoms with van der Waals surface area (Å²) in [6, 6.07) is 12.3. The first-order chi connectivity index (χ1) is 8.19. The van der Waals surface area contributed by atoms with Gasteiger partial charge in [0.15, 0.2) is 0 Å². The summed E-state index contributed by atoms with van der Waals surface area (Å²) in [5.41, 5.74) is 1.94. The Morgan fingerprint density at radius 2 is 1.88 bits per heavy atom. The minimum atomic E-state index is 0.745. The van der Waals surface area contributed by atoms with E-state index >= 15 is 0 Å². The lowest BCUT2D eigenvalue weighted by Crippen LogP contribution is -1.73. The third-order valence-corrected chi connectivity index (χ3v) is 3.92. The van der Waals surface area contributed by atoms with Gasteiger partial charge in [0.25, 0.3) is 0 Å². The molecular weight excluding hydrogens is 296 g/mol. The van der Waals surface area contributed by atoms with Crippen molar-refractivity contribution in [3.05, 3.63) is 51.3 Å². The zero-order valence-corrected chi connectivity index (χ0v) is 11.7. The van der Waals surface area contributed by atoms with Gasteiger partial charge in [0.2, 0.25) is 0 Å². The number of halogens is 1. The van der Waals surface area contributed by atoms with Crippen LogP contribution in [0.4, 0.5) is 0 Å². The molecule has 0 fully saturated rings. The maximum Gasteiger partial charge on any atom is 0.145 e. The molecule has 17 heavy (non-hydrogen) atoms. The van der Waals surface area contributed by atoms with E-state index in [1.807, 2.05) is 31.2 Å². The molecule has 0 saturated heterocycles. The predicted molar refractivity (Wildman–Crippen MR) is 77.2 cm³/mol. The molecule has 0 spiro atoms. The summed E-state index contributed by atoms with van der Waals surface area (Å²) in [5.74, 6) is 0. The van der Waals surface area contributed by atoms with Gasteiger partial charge in [-0.2, -0.15) is 0 Å². The molecule has 0 unspecified atom stereocenters. The topological polar surface area (TPSA) is 17.1 Å². The minimum absolute atomic E-state index is 0.745. The van der Waals surface area contributed by atoms with Gasteiger partial charge in [-0.3, -0.25) is 4.79 Å². The highest BCUT2D eigenvalue weighted by Gasteiger charge is 2.01. The number of carbonyl (C=O) groups is 1. The lowest BCUT2D eigenvalue weighted by Gasteiger charge is -1.96. The van der Waals surface area contributed by atoms with E-state index in [-0.39, 0.29) is 0 Å². The second-order valence-electron chi connectivity index (χ2n) is 3.72. The molecule has 0 aliphatic rings. The van der Waals surface area contributed by atoms with Crippen molar-refractivity contribution < 1.29 is 4.79 Å². The Morgan fingerprint density at radius 1 is 1.18 bits per heavy atom. The molecule has 2 aromatic rings. The normalized spacial score (nSPS) is 11.5. The van der Waals surface area contributed by atoms with Gasteiger partial charge in [0, 0.05) is 14.2 Å².